The standard InChI is InChI=1S/C34H37N7O3/c1-4-5-12-30-35-29-18-17-24(34(2,44)28-11-8-19-40(3)33(28)43)20-27(29)32(42)41(30)21-22-13-15-23(16-14-22)25-9-6-7-10-26(25)31-36-38-39-37-31/h6-7,9-10,13-18,20,28,44H,4-5,8,11-12,19,21H2,1-3H3,(H,36,37,38,39). The molecule has 1 fully saturated rings. The highest BCUT2D eigenvalue weighted by molar-refractivity contribution is 5.83. The molecule has 0 spiro atoms. The van der Waals surface area contributed by atoms with Crippen LogP contribution in [-0.4, -0.2) is 59.7 Å². The van der Waals surface area contributed by atoms with Crippen LogP contribution >= 0.6 is 0 Å². The number of rotatable bonds is 9. The Morgan fingerprint density at radius 2 is 1.82 bits per heavy atom. The average Bonchev–Trinajstić information content (AvgIpc) is 3.58. The fourth-order valence-corrected chi connectivity index (χ4v) is 6.21. The van der Waals surface area contributed by atoms with Crippen molar-refractivity contribution in [1.82, 2.24) is 35.1 Å². The number of hydrogen-bond donors (Lipinski definition) is 2. The van der Waals surface area contributed by atoms with E-state index in [2.05, 4.69) is 27.5 Å². The Morgan fingerprint density at radius 3 is 2.55 bits per heavy atom. The fourth-order valence-electron chi connectivity index (χ4n) is 6.21. The molecule has 0 radical (unpaired) electrons. The second-order valence-corrected chi connectivity index (χ2v) is 11.8. The lowest BCUT2D eigenvalue weighted by Crippen LogP contribution is -2.47. The number of carbonyl (C=O) groups is 1. The summed E-state index contributed by atoms with van der Waals surface area (Å²) >= 11 is 0. The Balaban J connectivity index is 1.36. The molecule has 2 aromatic heterocycles. The maximum atomic E-state index is 14.1. The van der Waals surface area contributed by atoms with Gasteiger partial charge < -0.3 is 10.0 Å². The van der Waals surface area contributed by atoms with E-state index in [1.54, 1.807) is 41.6 Å². The minimum atomic E-state index is -1.41. The van der Waals surface area contributed by atoms with Crippen molar-refractivity contribution >= 4 is 16.8 Å². The quantitative estimate of drug-likeness (QED) is 0.254. The van der Waals surface area contributed by atoms with Crippen LogP contribution < -0.4 is 5.56 Å². The van der Waals surface area contributed by atoms with Crippen LogP contribution in [0.1, 0.15) is 56.5 Å². The van der Waals surface area contributed by atoms with Gasteiger partial charge in [0.15, 0.2) is 5.82 Å². The third kappa shape index (κ3) is 5.53. The number of aliphatic hydroxyl groups is 1. The number of amides is 1. The lowest BCUT2D eigenvalue weighted by atomic mass is 9.77. The molecule has 2 atom stereocenters. The van der Waals surface area contributed by atoms with Gasteiger partial charge in [-0.15, -0.1) is 5.10 Å². The molecule has 1 aliphatic heterocycles. The normalized spacial score (nSPS) is 16.8. The number of aromatic amines is 1. The first kappa shape index (κ1) is 29.4. The SMILES string of the molecule is CCCCc1nc2ccc(C(C)(O)C3CCCN(C)C3=O)cc2c(=O)n1Cc1ccc(-c2ccccc2-c2nnn[nH]2)cc1. The lowest BCUT2D eigenvalue weighted by Gasteiger charge is -2.38. The summed E-state index contributed by atoms with van der Waals surface area (Å²) in [5, 5.41) is 26.4. The number of aromatic nitrogens is 6. The van der Waals surface area contributed by atoms with E-state index in [9.17, 15) is 14.7 Å². The number of piperidine rings is 1. The fraction of sp³-hybridized carbons (Fsp3) is 0.353. The van der Waals surface area contributed by atoms with Crippen molar-refractivity contribution in [1.29, 1.82) is 0 Å². The van der Waals surface area contributed by atoms with E-state index in [1.807, 2.05) is 48.5 Å². The molecule has 1 saturated heterocycles. The summed E-state index contributed by atoms with van der Waals surface area (Å²) in [7, 11) is 1.77. The number of aryl methyl sites for hydroxylation is 1. The van der Waals surface area contributed by atoms with Gasteiger partial charge in [0.05, 0.1) is 29.0 Å². The van der Waals surface area contributed by atoms with Crippen molar-refractivity contribution in [2.45, 2.75) is 58.1 Å². The third-order valence-corrected chi connectivity index (χ3v) is 8.84. The van der Waals surface area contributed by atoms with Crippen LogP contribution in [0.4, 0.5) is 0 Å². The Labute approximate surface area is 255 Å². The van der Waals surface area contributed by atoms with Crippen molar-refractivity contribution in [2.24, 2.45) is 5.92 Å². The summed E-state index contributed by atoms with van der Waals surface area (Å²) in [6, 6.07) is 21.4. The number of tetrazole rings is 1. The summed E-state index contributed by atoms with van der Waals surface area (Å²) < 4.78 is 1.75. The number of hydrogen-bond acceptors (Lipinski definition) is 7. The molecule has 1 amide bonds. The topological polar surface area (TPSA) is 130 Å². The van der Waals surface area contributed by atoms with Gasteiger partial charge in [0, 0.05) is 25.6 Å². The van der Waals surface area contributed by atoms with Crippen LogP contribution in [0, 0.1) is 5.92 Å². The van der Waals surface area contributed by atoms with Crippen LogP contribution in [0.5, 0.6) is 0 Å². The van der Waals surface area contributed by atoms with Gasteiger partial charge in [-0.3, -0.25) is 14.2 Å². The Morgan fingerprint density at radius 1 is 1.05 bits per heavy atom. The van der Waals surface area contributed by atoms with E-state index in [4.69, 9.17) is 4.98 Å². The third-order valence-electron chi connectivity index (χ3n) is 8.84. The molecular weight excluding hydrogens is 554 g/mol. The molecule has 226 valence electrons. The van der Waals surface area contributed by atoms with E-state index in [-0.39, 0.29) is 11.5 Å². The molecule has 3 heterocycles. The first-order chi connectivity index (χ1) is 21.3. The van der Waals surface area contributed by atoms with Crippen LogP contribution in [-0.2, 0) is 23.4 Å². The molecule has 5 aromatic rings. The zero-order valence-corrected chi connectivity index (χ0v) is 25.3. The molecule has 10 heteroatoms. The van der Waals surface area contributed by atoms with Gasteiger partial charge in [0.25, 0.3) is 5.56 Å². The number of benzene rings is 3. The Hall–Kier alpha value is -4.70. The lowest BCUT2D eigenvalue weighted by molar-refractivity contribution is -0.148. The molecular formula is C34H37N7O3. The minimum Gasteiger partial charge on any atom is -0.385 e. The maximum Gasteiger partial charge on any atom is 0.261 e. The highest BCUT2D eigenvalue weighted by Crippen LogP contribution is 2.37. The highest BCUT2D eigenvalue weighted by atomic mass is 16.3. The molecule has 0 aliphatic carbocycles. The number of H-pyrrole nitrogens is 1. The summed E-state index contributed by atoms with van der Waals surface area (Å²) in [4.78, 5) is 33.6. The predicted molar refractivity (Wildman–Crippen MR) is 169 cm³/mol. The van der Waals surface area contributed by atoms with E-state index in [0.29, 0.717) is 48.2 Å². The van der Waals surface area contributed by atoms with Crippen LogP contribution in [0.25, 0.3) is 33.4 Å². The Kier molecular flexibility index (Phi) is 8.09. The van der Waals surface area contributed by atoms with Gasteiger partial charge in [-0.1, -0.05) is 67.9 Å². The number of unbranched alkanes of at least 4 members (excludes halogenated alkanes) is 1. The maximum absolute atomic E-state index is 14.1. The van der Waals surface area contributed by atoms with Crippen LogP contribution in [0.15, 0.2) is 71.5 Å². The van der Waals surface area contributed by atoms with Gasteiger partial charge in [-0.05, 0) is 71.0 Å². The van der Waals surface area contributed by atoms with Crippen molar-refractivity contribution in [3.63, 3.8) is 0 Å². The van der Waals surface area contributed by atoms with Gasteiger partial charge in [0.2, 0.25) is 5.91 Å². The second-order valence-electron chi connectivity index (χ2n) is 11.8. The summed E-state index contributed by atoms with van der Waals surface area (Å²) in [5.74, 6) is 0.689. The highest BCUT2D eigenvalue weighted by Gasteiger charge is 2.42. The molecule has 0 bridgehead atoms. The van der Waals surface area contributed by atoms with E-state index in [1.165, 1.54) is 0 Å². The van der Waals surface area contributed by atoms with Crippen molar-refractivity contribution in [2.75, 3.05) is 13.6 Å². The first-order valence-electron chi connectivity index (χ1n) is 15.2. The smallest absolute Gasteiger partial charge is 0.261 e. The molecule has 1 aliphatic rings. The average molecular weight is 592 g/mol. The monoisotopic (exact) mass is 591 g/mol. The number of likely N-dealkylation sites (tertiary alicyclic amines) is 1. The van der Waals surface area contributed by atoms with E-state index in [0.717, 1.165) is 47.3 Å². The van der Waals surface area contributed by atoms with Crippen LogP contribution in [0.2, 0.25) is 0 Å². The largest absolute Gasteiger partial charge is 0.385 e. The van der Waals surface area contributed by atoms with Gasteiger partial charge in [-0.2, -0.15) is 0 Å². The number of carbonyl (C=O) groups excluding carboxylic acids is 1. The molecule has 2 N–H and O–H groups in total. The van der Waals surface area contributed by atoms with E-state index >= 15 is 0 Å². The van der Waals surface area contributed by atoms with Gasteiger partial charge in [-0.25, -0.2) is 10.1 Å². The number of nitrogens with one attached hydrogen (secondary N) is 1. The number of nitrogens with zero attached hydrogens (tertiary/aromatic N) is 6. The minimum absolute atomic E-state index is 0.0737. The molecule has 3 aromatic carbocycles. The predicted octanol–water partition coefficient (Wildman–Crippen LogP) is 4.71. The zero-order valence-electron chi connectivity index (χ0n) is 25.3. The Bertz CT molecular complexity index is 1850. The molecule has 44 heavy (non-hydrogen) atoms. The first-order valence-corrected chi connectivity index (χ1v) is 15.2. The molecule has 2 unspecified atom stereocenters. The molecule has 10 nitrogen and oxygen atoms in total. The van der Waals surface area contributed by atoms with E-state index < -0.39 is 11.5 Å². The van der Waals surface area contributed by atoms with Crippen molar-refractivity contribution < 1.29 is 9.90 Å². The number of fused-ring (bicyclic) bond motifs is 1. The van der Waals surface area contributed by atoms with Crippen molar-refractivity contribution in [3.8, 4) is 22.5 Å². The van der Waals surface area contributed by atoms with Gasteiger partial charge >= 0.3 is 0 Å². The zero-order chi connectivity index (χ0) is 30.8. The van der Waals surface area contributed by atoms with Gasteiger partial charge in [0.1, 0.15) is 5.82 Å². The van der Waals surface area contributed by atoms with Crippen molar-refractivity contribution in [3.05, 3.63) is 94.0 Å². The van der Waals surface area contributed by atoms with Crippen LogP contribution in [0.3, 0.4) is 0 Å². The molecule has 0 saturated carbocycles. The molecule has 6 rings (SSSR count). The summed E-state index contributed by atoms with van der Waals surface area (Å²) in [6.07, 6.45) is 4.00. The summed E-state index contributed by atoms with van der Waals surface area (Å²) in [5.41, 5.74) is 3.44. The summed E-state index contributed by atoms with van der Waals surface area (Å²) in [6.45, 7) is 4.84. The second kappa shape index (κ2) is 12.1.